The van der Waals surface area contributed by atoms with Crippen molar-refractivity contribution in [3.8, 4) is 0 Å². The molecule has 0 saturated carbocycles. The number of fused-ring (bicyclic) bond motifs is 1. The van der Waals surface area contributed by atoms with Gasteiger partial charge in [0.1, 0.15) is 0 Å². The second-order valence-electron chi connectivity index (χ2n) is 4.86. The zero-order chi connectivity index (χ0) is 12.4. The van der Waals surface area contributed by atoms with Gasteiger partial charge in [0.05, 0.1) is 0 Å². The van der Waals surface area contributed by atoms with Crippen molar-refractivity contribution in [2.45, 2.75) is 25.3 Å². The number of nitrogens with one attached hydrogen (secondary N) is 1. The predicted molar refractivity (Wildman–Crippen MR) is 73.6 cm³/mol. The minimum Gasteiger partial charge on any atom is -0.313 e. The van der Waals surface area contributed by atoms with Crippen molar-refractivity contribution in [1.29, 1.82) is 0 Å². The first-order valence-electron chi connectivity index (χ1n) is 6.56. The van der Waals surface area contributed by atoms with Crippen LogP contribution in [0, 0.1) is 0 Å². The van der Waals surface area contributed by atoms with E-state index in [1.165, 1.54) is 29.5 Å². The predicted octanol–water partition coefficient (Wildman–Crippen LogP) is 2.88. The van der Waals surface area contributed by atoms with Crippen molar-refractivity contribution < 1.29 is 0 Å². The Labute approximate surface area is 108 Å². The molecular formula is C16H18N2. The lowest BCUT2D eigenvalue weighted by Gasteiger charge is -2.12. The standard InChI is InChI=1S/C16H18N2/c1-17-16-9-8-14-12(5-4-7-15(14)16)11-13-6-2-3-10-18-13/h2-7,10,16-17H,8-9,11H2,1H3. The molecule has 1 aliphatic carbocycles. The zero-order valence-electron chi connectivity index (χ0n) is 10.7. The van der Waals surface area contributed by atoms with E-state index >= 15 is 0 Å². The number of hydrogen-bond donors (Lipinski definition) is 1. The van der Waals surface area contributed by atoms with Gasteiger partial charge in [-0.15, -0.1) is 0 Å². The first-order chi connectivity index (χ1) is 8.88. The van der Waals surface area contributed by atoms with Crippen LogP contribution in [0.3, 0.4) is 0 Å². The number of pyridine rings is 1. The third-order valence-corrected chi connectivity index (χ3v) is 3.81. The second kappa shape index (κ2) is 4.91. The van der Waals surface area contributed by atoms with Crippen LogP contribution in [0.2, 0.25) is 0 Å². The molecular weight excluding hydrogens is 220 g/mol. The Morgan fingerprint density at radius 2 is 2.17 bits per heavy atom. The van der Waals surface area contributed by atoms with Crippen LogP contribution in [0.25, 0.3) is 0 Å². The van der Waals surface area contributed by atoms with Gasteiger partial charge in [-0.05, 0) is 48.7 Å². The van der Waals surface area contributed by atoms with E-state index in [-0.39, 0.29) is 0 Å². The molecule has 18 heavy (non-hydrogen) atoms. The maximum absolute atomic E-state index is 4.42. The quantitative estimate of drug-likeness (QED) is 0.889. The van der Waals surface area contributed by atoms with Crippen LogP contribution in [-0.4, -0.2) is 12.0 Å². The van der Waals surface area contributed by atoms with Crippen LogP contribution in [0.5, 0.6) is 0 Å². The number of nitrogens with zero attached hydrogens (tertiary/aromatic N) is 1. The van der Waals surface area contributed by atoms with Crippen molar-refractivity contribution in [3.05, 3.63) is 65.0 Å². The molecule has 1 aromatic heterocycles. The highest BCUT2D eigenvalue weighted by molar-refractivity contribution is 5.42. The van der Waals surface area contributed by atoms with Gasteiger partial charge in [-0.25, -0.2) is 0 Å². The van der Waals surface area contributed by atoms with E-state index in [4.69, 9.17) is 0 Å². The summed E-state index contributed by atoms with van der Waals surface area (Å²) < 4.78 is 0. The molecule has 0 radical (unpaired) electrons. The Morgan fingerprint density at radius 3 is 2.94 bits per heavy atom. The maximum atomic E-state index is 4.42. The SMILES string of the molecule is CNC1CCc2c(Cc3ccccn3)cccc21. The Bertz CT molecular complexity index is 534. The van der Waals surface area contributed by atoms with Gasteiger partial charge in [0.25, 0.3) is 0 Å². The van der Waals surface area contributed by atoms with Crippen molar-refractivity contribution in [2.24, 2.45) is 0 Å². The normalized spacial score (nSPS) is 17.7. The summed E-state index contributed by atoms with van der Waals surface area (Å²) >= 11 is 0. The fourth-order valence-electron chi connectivity index (χ4n) is 2.89. The average molecular weight is 238 g/mol. The summed E-state index contributed by atoms with van der Waals surface area (Å²) in [6.45, 7) is 0. The van der Waals surface area contributed by atoms with E-state index in [2.05, 4.69) is 40.6 Å². The summed E-state index contributed by atoms with van der Waals surface area (Å²) in [6, 6.07) is 13.3. The third-order valence-electron chi connectivity index (χ3n) is 3.81. The summed E-state index contributed by atoms with van der Waals surface area (Å²) in [5.74, 6) is 0. The summed E-state index contributed by atoms with van der Waals surface area (Å²) in [5, 5.41) is 3.40. The molecule has 1 aromatic carbocycles. The van der Waals surface area contributed by atoms with E-state index in [0.717, 1.165) is 12.1 Å². The minimum atomic E-state index is 0.531. The molecule has 1 heterocycles. The largest absolute Gasteiger partial charge is 0.313 e. The molecule has 1 N–H and O–H groups in total. The highest BCUT2D eigenvalue weighted by atomic mass is 14.9. The molecule has 1 unspecified atom stereocenters. The highest BCUT2D eigenvalue weighted by Gasteiger charge is 2.22. The molecule has 0 fully saturated rings. The molecule has 3 rings (SSSR count). The van der Waals surface area contributed by atoms with Gasteiger partial charge >= 0.3 is 0 Å². The minimum absolute atomic E-state index is 0.531. The van der Waals surface area contributed by atoms with Gasteiger partial charge in [0, 0.05) is 24.4 Å². The first-order valence-corrected chi connectivity index (χ1v) is 6.56. The van der Waals surface area contributed by atoms with Gasteiger partial charge in [-0.1, -0.05) is 24.3 Å². The summed E-state index contributed by atoms with van der Waals surface area (Å²) in [4.78, 5) is 4.42. The molecule has 1 atom stereocenters. The van der Waals surface area contributed by atoms with Gasteiger partial charge in [-0.3, -0.25) is 4.98 Å². The number of aromatic nitrogens is 1. The molecule has 2 aromatic rings. The van der Waals surface area contributed by atoms with Crippen LogP contribution in [0.15, 0.2) is 42.6 Å². The summed E-state index contributed by atoms with van der Waals surface area (Å²) in [6.07, 6.45) is 5.21. The number of benzene rings is 1. The van der Waals surface area contributed by atoms with Crippen LogP contribution in [-0.2, 0) is 12.8 Å². The fraction of sp³-hybridized carbons (Fsp3) is 0.312. The molecule has 0 aliphatic heterocycles. The lowest BCUT2D eigenvalue weighted by atomic mass is 9.98. The van der Waals surface area contributed by atoms with E-state index in [9.17, 15) is 0 Å². The third kappa shape index (κ3) is 2.04. The Hall–Kier alpha value is -1.67. The van der Waals surface area contributed by atoms with E-state index < -0.39 is 0 Å². The van der Waals surface area contributed by atoms with Gasteiger partial charge in [-0.2, -0.15) is 0 Å². The highest BCUT2D eigenvalue weighted by Crippen LogP contribution is 2.33. The average Bonchev–Trinajstić information content (AvgIpc) is 2.84. The first kappa shape index (κ1) is 11.4. The van der Waals surface area contributed by atoms with Crippen molar-refractivity contribution in [2.75, 3.05) is 7.05 Å². The van der Waals surface area contributed by atoms with Gasteiger partial charge in [0.15, 0.2) is 0 Å². The zero-order valence-corrected chi connectivity index (χ0v) is 10.7. The number of rotatable bonds is 3. The van der Waals surface area contributed by atoms with Crippen LogP contribution in [0.1, 0.15) is 34.8 Å². The molecule has 2 heteroatoms. The molecule has 2 nitrogen and oxygen atoms in total. The Morgan fingerprint density at radius 1 is 1.22 bits per heavy atom. The fourth-order valence-corrected chi connectivity index (χ4v) is 2.89. The van der Waals surface area contributed by atoms with Crippen molar-refractivity contribution in [3.63, 3.8) is 0 Å². The van der Waals surface area contributed by atoms with Gasteiger partial charge in [0.2, 0.25) is 0 Å². The van der Waals surface area contributed by atoms with Crippen LogP contribution < -0.4 is 5.32 Å². The van der Waals surface area contributed by atoms with E-state index in [1.54, 1.807) is 0 Å². The maximum Gasteiger partial charge on any atom is 0.0447 e. The summed E-state index contributed by atoms with van der Waals surface area (Å²) in [5.41, 5.74) is 5.59. The smallest absolute Gasteiger partial charge is 0.0447 e. The molecule has 1 aliphatic rings. The number of hydrogen-bond acceptors (Lipinski definition) is 2. The molecule has 0 amide bonds. The van der Waals surface area contributed by atoms with Gasteiger partial charge < -0.3 is 5.32 Å². The lowest BCUT2D eigenvalue weighted by Crippen LogP contribution is -2.12. The van der Waals surface area contributed by atoms with E-state index in [1.807, 2.05) is 19.3 Å². The molecule has 92 valence electrons. The molecule has 0 saturated heterocycles. The lowest BCUT2D eigenvalue weighted by molar-refractivity contribution is 0.590. The Kier molecular flexibility index (Phi) is 3.11. The monoisotopic (exact) mass is 238 g/mol. The second-order valence-corrected chi connectivity index (χ2v) is 4.86. The Balaban J connectivity index is 1.93. The van der Waals surface area contributed by atoms with Crippen LogP contribution in [0.4, 0.5) is 0 Å². The van der Waals surface area contributed by atoms with Crippen LogP contribution >= 0.6 is 0 Å². The van der Waals surface area contributed by atoms with Crippen molar-refractivity contribution in [1.82, 2.24) is 10.3 Å². The molecule has 0 spiro atoms. The van der Waals surface area contributed by atoms with E-state index in [0.29, 0.717) is 6.04 Å². The topological polar surface area (TPSA) is 24.9 Å². The van der Waals surface area contributed by atoms with Crippen molar-refractivity contribution >= 4 is 0 Å². The molecule has 0 bridgehead atoms. The summed E-state index contributed by atoms with van der Waals surface area (Å²) in [7, 11) is 2.05.